The number of aromatic nitrogens is 2. The molecule has 0 N–H and O–H groups in total. The van der Waals surface area contributed by atoms with Crippen LogP contribution in [-0.2, 0) is 6.42 Å². The van der Waals surface area contributed by atoms with Crippen molar-refractivity contribution < 1.29 is 0 Å². The monoisotopic (exact) mass is 402 g/mol. The van der Waals surface area contributed by atoms with Crippen LogP contribution in [0.3, 0.4) is 0 Å². The second-order valence-corrected chi connectivity index (χ2v) is 8.96. The molecule has 3 rings (SSSR count). The summed E-state index contributed by atoms with van der Waals surface area (Å²) >= 11 is 0. The molecular weight excluding hydrogens is 364 g/mol. The quantitative estimate of drug-likeness (QED) is 0.321. The van der Waals surface area contributed by atoms with Crippen LogP contribution in [0.1, 0.15) is 113 Å². The number of benzene rings is 1. The van der Waals surface area contributed by atoms with Crippen LogP contribution in [0.5, 0.6) is 0 Å². The van der Waals surface area contributed by atoms with Gasteiger partial charge in [0.1, 0.15) is 0 Å². The Kier molecular flexibility index (Phi) is 9.42. The molecule has 1 aromatic heterocycles. The highest BCUT2D eigenvalue weighted by Crippen LogP contribution is 2.37. The largest absolute Gasteiger partial charge is 0.229 e. The molecule has 0 amide bonds. The second-order valence-electron chi connectivity index (χ2n) is 8.96. The molecule has 0 spiro atoms. The Balaban J connectivity index is 1.48. The third-order valence-corrected chi connectivity index (χ3v) is 6.54. The van der Waals surface area contributed by atoms with Crippen LogP contribution in [-0.4, -0.2) is 9.97 Å². The van der Waals surface area contributed by atoms with Gasteiger partial charge in [0, 0.05) is 18.0 Å². The van der Waals surface area contributed by atoms with Crippen molar-refractivity contribution in [3.8, 4) is 11.8 Å². The molecule has 2 nitrogen and oxygen atoms in total. The van der Waals surface area contributed by atoms with Gasteiger partial charge < -0.3 is 0 Å². The maximum atomic E-state index is 4.41. The van der Waals surface area contributed by atoms with E-state index in [1.807, 2.05) is 12.4 Å². The van der Waals surface area contributed by atoms with Crippen molar-refractivity contribution in [3.05, 3.63) is 59.2 Å². The summed E-state index contributed by atoms with van der Waals surface area (Å²) in [6, 6.07) is 8.89. The highest BCUT2D eigenvalue weighted by atomic mass is 14.8. The minimum absolute atomic E-state index is 0.611. The highest BCUT2D eigenvalue weighted by molar-refractivity contribution is 5.40. The standard InChI is InChI=1S/C28H38N2/c1-3-5-7-9-23-11-16-26(17-12-23)27-18-13-24(14-19-27)15-20-28-29-21-25(22-30-28)10-8-6-4-2/h13-14,18-19,21-23,26H,3-12,16-17H2,1-2H3/t23-,26-. The van der Waals surface area contributed by atoms with Gasteiger partial charge in [0.15, 0.2) is 0 Å². The van der Waals surface area contributed by atoms with Gasteiger partial charge in [-0.25, -0.2) is 9.97 Å². The zero-order valence-electron chi connectivity index (χ0n) is 19.0. The van der Waals surface area contributed by atoms with Gasteiger partial charge in [-0.3, -0.25) is 0 Å². The smallest absolute Gasteiger partial charge is 0.205 e. The molecule has 0 unspecified atom stereocenters. The van der Waals surface area contributed by atoms with Crippen molar-refractivity contribution in [1.29, 1.82) is 0 Å². The van der Waals surface area contributed by atoms with E-state index >= 15 is 0 Å². The van der Waals surface area contributed by atoms with E-state index < -0.39 is 0 Å². The maximum Gasteiger partial charge on any atom is 0.205 e. The van der Waals surface area contributed by atoms with Crippen molar-refractivity contribution in [1.82, 2.24) is 9.97 Å². The summed E-state index contributed by atoms with van der Waals surface area (Å²) < 4.78 is 0. The number of aryl methyl sites for hydroxylation is 1. The summed E-state index contributed by atoms with van der Waals surface area (Å²) in [5, 5.41) is 0. The van der Waals surface area contributed by atoms with Gasteiger partial charge in [0.05, 0.1) is 0 Å². The second kappa shape index (κ2) is 12.5. The van der Waals surface area contributed by atoms with E-state index in [-0.39, 0.29) is 0 Å². The van der Waals surface area contributed by atoms with Crippen LogP contribution >= 0.6 is 0 Å². The van der Waals surface area contributed by atoms with Crippen molar-refractivity contribution in [2.24, 2.45) is 5.92 Å². The van der Waals surface area contributed by atoms with Crippen molar-refractivity contribution in [2.45, 2.75) is 96.8 Å². The summed E-state index contributed by atoms with van der Waals surface area (Å²) in [5.41, 5.74) is 3.74. The van der Waals surface area contributed by atoms with Crippen molar-refractivity contribution in [3.63, 3.8) is 0 Å². The summed E-state index contributed by atoms with van der Waals surface area (Å²) in [6.07, 6.45) is 19.7. The minimum Gasteiger partial charge on any atom is -0.229 e. The third-order valence-electron chi connectivity index (χ3n) is 6.54. The van der Waals surface area contributed by atoms with Gasteiger partial charge in [-0.1, -0.05) is 70.4 Å². The Morgan fingerprint density at radius 3 is 2.13 bits per heavy atom. The fraction of sp³-hybridized carbons (Fsp3) is 0.571. The fourth-order valence-corrected chi connectivity index (χ4v) is 4.56. The lowest BCUT2D eigenvalue weighted by molar-refractivity contribution is 0.303. The van der Waals surface area contributed by atoms with Crippen LogP contribution in [0.2, 0.25) is 0 Å². The molecule has 2 heteroatoms. The van der Waals surface area contributed by atoms with Crippen LogP contribution in [0, 0.1) is 17.8 Å². The van der Waals surface area contributed by atoms with E-state index in [4.69, 9.17) is 0 Å². The maximum absolute atomic E-state index is 4.41. The highest BCUT2D eigenvalue weighted by Gasteiger charge is 2.21. The van der Waals surface area contributed by atoms with Gasteiger partial charge in [0.25, 0.3) is 0 Å². The van der Waals surface area contributed by atoms with Crippen LogP contribution in [0.4, 0.5) is 0 Å². The number of nitrogens with zero attached hydrogens (tertiary/aromatic N) is 2. The lowest BCUT2D eigenvalue weighted by Gasteiger charge is -2.29. The Bertz CT molecular complexity index is 787. The molecule has 2 aromatic rings. The first-order valence-corrected chi connectivity index (χ1v) is 12.2. The molecule has 0 radical (unpaired) electrons. The van der Waals surface area contributed by atoms with Gasteiger partial charge in [-0.15, -0.1) is 0 Å². The minimum atomic E-state index is 0.611. The third kappa shape index (κ3) is 7.28. The lowest BCUT2D eigenvalue weighted by Crippen LogP contribution is -2.13. The molecule has 1 aliphatic carbocycles. The summed E-state index contributed by atoms with van der Waals surface area (Å²) in [4.78, 5) is 8.82. The Labute approximate surface area is 183 Å². The van der Waals surface area contributed by atoms with E-state index in [0.717, 1.165) is 23.8 Å². The lowest BCUT2D eigenvalue weighted by atomic mass is 9.77. The first-order valence-electron chi connectivity index (χ1n) is 12.2. The van der Waals surface area contributed by atoms with E-state index in [0.29, 0.717) is 5.82 Å². The Morgan fingerprint density at radius 2 is 1.47 bits per heavy atom. The molecule has 0 aliphatic heterocycles. The summed E-state index contributed by atoms with van der Waals surface area (Å²) in [7, 11) is 0. The zero-order chi connectivity index (χ0) is 21.0. The number of hydrogen-bond donors (Lipinski definition) is 0. The molecule has 0 bridgehead atoms. The topological polar surface area (TPSA) is 25.8 Å². The molecule has 160 valence electrons. The average molecular weight is 403 g/mol. The number of rotatable bonds is 9. The van der Waals surface area contributed by atoms with Gasteiger partial charge >= 0.3 is 0 Å². The van der Waals surface area contributed by atoms with Gasteiger partial charge in [-0.2, -0.15) is 0 Å². The number of unbranched alkanes of at least 4 members (excludes halogenated alkanes) is 4. The van der Waals surface area contributed by atoms with Gasteiger partial charge in [-0.05, 0) is 79.5 Å². The zero-order valence-corrected chi connectivity index (χ0v) is 19.0. The molecule has 1 aromatic carbocycles. The Hall–Kier alpha value is -2.14. The molecule has 1 fully saturated rings. The molecule has 1 heterocycles. The average Bonchev–Trinajstić information content (AvgIpc) is 2.80. The molecular formula is C28H38N2. The fourth-order valence-electron chi connectivity index (χ4n) is 4.56. The molecule has 0 atom stereocenters. The number of hydrogen-bond acceptors (Lipinski definition) is 2. The Morgan fingerprint density at radius 1 is 0.800 bits per heavy atom. The van der Waals surface area contributed by atoms with Crippen LogP contribution < -0.4 is 0 Å². The van der Waals surface area contributed by atoms with Crippen LogP contribution in [0.25, 0.3) is 0 Å². The SMILES string of the molecule is CCCCCc1cnc(C#Cc2ccc([C@H]3CC[C@H](CCCCC)CC3)cc2)nc1. The van der Waals surface area contributed by atoms with Crippen LogP contribution in [0.15, 0.2) is 36.7 Å². The predicted molar refractivity (Wildman–Crippen MR) is 127 cm³/mol. The van der Waals surface area contributed by atoms with E-state index in [9.17, 15) is 0 Å². The van der Waals surface area contributed by atoms with Gasteiger partial charge in [0.2, 0.25) is 5.82 Å². The molecule has 0 saturated heterocycles. The molecule has 30 heavy (non-hydrogen) atoms. The van der Waals surface area contributed by atoms with E-state index in [1.54, 1.807) is 0 Å². The normalized spacial score (nSPS) is 18.6. The van der Waals surface area contributed by atoms with Crippen molar-refractivity contribution >= 4 is 0 Å². The first kappa shape index (κ1) is 22.5. The molecule has 1 aliphatic rings. The predicted octanol–water partition coefficient (Wildman–Crippen LogP) is 7.46. The van der Waals surface area contributed by atoms with E-state index in [1.165, 1.54) is 81.8 Å². The first-order chi connectivity index (χ1) is 14.8. The van der Waals surface area contributed by atoms with Crippen molar-refractivity contribution in [2.75, 3.05) is 0 Å². The van der Waals surface area contributed by atoms with E-state index in [2.05, 4.69) is 59.9 Å². The summed E-state index contributed by atoms with van der Waals surface area (Å²) in [6.45, 7) is 4.52. The molecule has 1 saturated carbocycles. The summed E-state index contributed by atoms with van der Waals surface area (Å²) in [5.74, 6) is 8.65.